The van der Waals surface area contributed by atoms with Gasteiger partial charge in [0.05, 0.1) is 18.3 Å². The zero-order chi connectivity index (χ0) is 27.2. The molecule has 2 aromatic carbocycles. The number of aromatic nitrogens is 1. The van der Waals surface area contributed by atoms with Crippen LogP contribution in [-0.4, -0.2) is 87.7 Å². The number of likely N-dealkylation sites (N-methyl/N-ethyl adjacent to an activating group) is 1. The van der Waals surface area contributed by atoms with Gasteiger partial charge in [-0.15, -0.1) is 17.9 Å². The molecule has 1 aliphatic rings. The molecule has 0 saturated carbocycles. The van der Waals surface area contributed by atoms with Crippen molar-refractivity contribution in [1.29, 1.82) is 0 Å². The Hall–Kier alpha value is -3.04. The minimum atomic E-state index is -0.821. The fourth-order valence-electron chi connectivity index (χ4n) is 5.25. The molecule has 0 amide bonds. The van der Waals surface area contributed by atoms with Crippen LogP contribution in [0.3, 0.4) is 0 Å². The van der Waals surface area contributed by atoms with E-state index in [-0.39, 0.29) is 18.3 Å². The summed E-state index contributed by atoms with van der Waals surface area (Å²) < 4.78 is 0. The van der Waals surface area contributed by atoms with Gasteiger partial charge in [-0.3, -0.25) is 19.5 Å². The van der Waals surface area contributed by atoms with E-state index in [2.05, 4.69) is 65.9 Å². The van der Waals surface area contributed by atoms with Gasteiger partial charge in [0.2, 0.25) is 0 Å². The molecule has 0 radical (unpaired) electrons. The van der Waals surface area contributed by atoms with Crippen molar-refractivity contribution < 1.29 is 15.0 Å². The highest BCUT2D eigenvalue weighted by atomic mass is 32.1. The Morgan fingerprint density at radius 1 is 1.18 bits per heavy atom. The summed E-state index contributed by atoms with van der Waals surface area (Å²) in [4.78, 5) is 22.5. The SMILES string of the molecule is C=CCN1CC(C)N(C(c2ccc(-c3nc(CCN(C)CC(=O)O)cs3)cc2)c2cccc(O)c2)CC1C. The van der Waals surface area contributed by atoms with E-state index in [9.17, 15) is 9.90 Å². The van der Waals surface area contributed by atoms with Crippen molar-refractivity contribution in [3.8, 4) is 16.3 Å². The summed E-state index contributed by atoms with van der Waals surface area (Å²) in [6.45, 7) is 11.9. The number of phenolic OH excluding ortho intramolecular Hbond substituents is 1. The number of rotatable bonds is 11. The van der Waals surface area contributed by atoms with Gasteiger partial charge in [-0.25, -0.2) is 4.98 Å². The smallest absolute Gasteiger partial charge is 0.317 e. The largest absolute Gasteiger partial charge is 0.508 e. The summed E-state index contributed by atoms with van der Waals surface area (Å²) in [6, 6.07) is 17.0. The Kier molecular flexibility index (Phi) is 9.33. The van der Waals surface area contributed by atoms with E-state index in [0.29, 0.717) is 25.0 Å². The van der Waals surface area contributed by atoms with Gasteiger partial charge >= 0.3 is 5.97 Å². The van der Waals surface area contributed by atoms with Gasteiger partial charge in [-0.2, -0.15) is 0 Å². The number of carboxylic acid groups (broad SMARTS) is 1. The van der Waals surface area contributed by atoms with E-state index in [1.165, 1.54) is 5.56 Å². The molecule has 8 heteroatoms. The number of hydrogen-bond donors (Lipinski definition) is 2. The number of piperazine rings is 1. The van der Waals surface area contributed by atoms with Crippen molar-refractivity contribution in [2.24, 2.45) is 0 Å². The number of carboxylic acids is 1. The Morgan fingerprint density at radius 2 is 1.95 bits per heavy atom. The Morgan fingerprint density at radius 3 is 2.63 bits per heavy atom. The fraction of sp³-hybridized carbons (Fsp3) is 0.400. The molecule has 0 spiro atoms. The number of hydrogen-bond acceptors (Lipinski definition) is 7. The predicted molar refractivity (Wildman–Crippen MR) is 154 cm³/mol. The first-order valence-electron chi connectivity index (χ1n) is 13.1. The van der Waals surface area contributed by atoms with Gasteiger partial charge in [-0.1, -0.05) is 42.5 Å². The maximum atomic E-state index is 10.9. The average molecular weight is 535 g/mol. The number of aromatic hydroxyl groups is 1. The highest BCUT2D eigenvalue weighted by molar-refractivity contribution is 7.13. The van der Waals surface area contributed by atoms with Gasteiger partial charge in [0, 0.05) is 55.6 Å². The number of aliphatic carboxylic acids is 1. The van der Waals surface area contributed by atoms with Gasteiger partial charge in [-0.05, 0) is 44.2 Å². The van der Waals surface area contributed by atoms with Crippen LogP contribution in [0.4, 0.5) is 0 Å². The van der Waals surface area contributed by atoms with E-state index in [4.69, 9.17) is 10.1 Å². The minimum Gasteiger partial charge on any atom is -0.508 e. The van der Waals surface area contributed by atoms with Crippen molar-refractivity contribution in [3.05, 3.63) is 83.4 Å². The number of nitrogens with zero attached hydrogens (tertiary/aromatic N) is 4. The zero-order valence-corrected chi connectivity index (χ0v) is 23.3. The topological polar surface area (TPSA) is 80.1 Å². The number of thiazole rings is 1. The van der Waals surface area contributed by atoms with E-state index in [1.807, 2.05) is 25.3 Å². The summed E-state index contributed by atoms with van der Waals surface area (Å²) in [5.74, 6) is -0.544. The lowest BCUT2D eigenvalue weighted by Gasteiger charge is -2.47. The van der Waals surface area contributed by atoms with Crippen molar-refractivity contribution in [3.63, 3.8) is 0 Å². The van der Waals surface area contributed by atoms with Crippen LogP contribution >= 0.6 is 11.3 Å². The summed E-state index contributed by atoms with van der Waals surface area (Å²) in [6.07, 6.45) is 2.69. The number of phenols is 1. The number of benzene rings is 2. The summed E-state index contributed by atoms with van der Waals surface area (Å²) >= 11 is 1.61. The van der Waals surface area contributed by atoms with Crippen LogP contribution in [0.5, 0.6) is 5.75 Å². The third kappa shape index (κ3) is 6.88. The summed E-state index contributed by atoms with van der Waals surface area (Å²) in [5.41, 5.74) is 4.30. The molecule has 2 heterocycles. The van der Waals surface area contributed by atoms with Crippen LogP contribution in [0.15, 0.2) is 66.6 Å². The lowest BCUT2D eigenvalue weighted by molar-refractivity contribution is -0.137. The third-order valence-corrected chi connectivity index (χ3v) is 8.16. The third-order valence-electron chi connectivity index (χ3n) is 7.22. The Bertz CT molecular complexity index is 1230. The first-order chi connectivity index (χ1) is 18.2. The highest BCUT2D eigenvalue weighted by Gasteiger charge is 2.34. The fourth-order valence-corrected chi connectivity index (χ4v) is 6.11. The average Bonchev–Trinajstić information content (AvgIpc) is 3.35. The molecule has 38 heavy (non-hydrogen) atoms. The molecule has 1 fully saturated rings. The molecule has 0 aliphatic carbocycles. The van der Waals surface area contributed by atoms with Gasteiger partial charge < -0.3 is 10.2 Å². The summed E-state index contributed by atoms with van der Waals surface area (Å²) in [5, 5.41) is 22.2. The van der Waals surface area contributed by atoms with E-state index < -0.39 is 5.97 Å². The second kappa shape index (κ2) is 12.7. The van der Waals surface area contributed by atoms with Gasteiger partial charge in [0.15, 0.2) is 0 Å². The van der Waals surface area contributed by atoms with Crippen LogP contribution < -0.4 is 0 Å². The van der Waals surface area contributed by atoms with Crippen molar-refractivity contribution in [1.82, 2.24) is 19.7 Å². The second-order valence-corrected chi connectivity index (χ2v) is 11.1. The number of carbonyl (C=O) groups is 1. The molecule has 202 valence electrons. The van der Waals surface area contributed by atoms with Crippen LogP contribution in [0.1, 0.15) is 36.7 Å². The van der Waals surface area contributed by atoms with Crippen LogP contribution in [0.2, 0.25) is 0 Å². The molecule has 3 aromatic rings. The van der Waals surface area contributed by atoms with E-state index in [1.54, 1.807) is 22.3 Å². The van der Waals surface area contributed by atoms with Crippen molar-refractivity contribution in [2.75, 3.05) is 39.8 Å². The van der Waals surface area contributed by atoms with Crippen molar-refractivity contribution in [2.45, 2.75) is 38.4 Å². The molecule has 0 bridgehead atoms. The lowest BCUT2D eigenvalue weighted by atomic mass is 9.93. The summed E-state index contributed by atoms with van der Waals surface area (Å²) in [7, 11) is 1.81. The predicted octanol–water partition coefficient (Wildman–Crippen LogP) is 4.74. The molecule has 2 N–H and O–H groups in total. The van der Waals surface area contributed by atoms with Crippen LogP contribution in [-0.2, 0) is 11.2 Å². The normalized spacial score (nSPS) is 19.5. The standard InChI is InChI=1S/C30H38N4O3S/c1-5-14-33-17-22(3)34(18-21(33)2)29(25-7-6-8-27(35)16-25)23-9-11-24(12-10-23)30-31-26(20-38-30)13-15-32(4)19-28(36)37/h5-12,16,20-22,29,35H,1,13-15,17-19H2,2-4H3,(H,36,37). The van der Waals surface area contributed by atoms with Crippen molar-refractivity contribution >= 4 is 17.3 Å². The van der Waals surface area contributed by atoms with E-state index >= 15 is 0 Å². The highest BCUT2D eigenvalue weighted by Crippen LogP contribution is 2.35. The maximum absolute atomic E-state index is 10.9. The molecular formula is C30H38N4O3S. The molecule has 7 nitrogen and oxygen atoms in total. The molecule has 3 atom stereocenters. The van der Waals surface area contributed by atoms with Gasteiger partial charge in [0.25, 0.3) is 0 Å². The Labute approximate surface area is 229 Å². The maximum Gasteiger partial charge on any atom is 0.317 e. The molecule has 1 saturated heterocycles. The molecule has 1 aliphatic heterocycles. The lowest BCUT2D eigenvalue weighted by Crippen LogP contribution is -2.57. The molecule has 3 unspecified atom stereocenters. The second-order valence-electron chi connectivity index (χ2n) is 10.3. The molecule has 1 aromatic heterocycles. The van der Waals surface area contributed by atoms with Crippen LogP contribution in [0.25, 0.3) is 10.6 Å². The quantitative estimate of drug-likeness (QED) is 0.344. The monoisotopic (exact) mass is 534 g/mol. The molecular weight excluding hydrogens is 496 g/mol. The zero-order valence-electron chi connectivity index (χ0n) is 22.5. The van der Waals surface area contributed by atoms with Crippen LogP contribution in [0, 0.1) is 0 Å². The van der Waals surface area contributed by atoms with Gasteiger partial charge in [0.1, 0.15) is 10.8 Å². The first kappa shape index (κ1) is 28.0. The minimum absolute atomic E-state index is 0.0242. The van der Waals surface area contributed by atoms with E-state index in [0.717, 1.165) is 41.5 Å². The first-order valence-corrected chi connectivity index (χ1v) is 14.0. The Balaban J connectivity index is 1.55. The molecule has 4 rings (SSSR count).